The minimum Gasteiger partial charge on any atom is -0.355 e. The Labute approximate surface area is 73.6 Å². The summed E-state index contributed by atoms with van der Waals surface area (Å²) in [6, 6.07) is 1.04. The number of rotatable bonds is 1. The van der Waals surface area contributed by atoms with Crippen molar-refractivity contribution in [1.29, 1.82) is 0 Å². The smallest absolute Gasteiger partial charge is 0.254 e. The highest BCUT2D eigenvalue weighted by molar-refractivity contribution is 6.32. The predicted molar refractivity (Wildman–Crippen MR) is 42.6 cm³/mol. The van der Waals surface area contributed by atoms with E-state index in [2.05, 4.69) is 10.3 Å². The van der Waals surface area contributed by atoms with Crippen LogP contribution >= 0.6 is 11.6 Å². The van der Waals surface area contributed by atoms with Gasteiger partial charge in [-0.05, 0) is 6.07 Å². The molecule has 1 heterocycles. The number of carbonyl (C=O) groups is 1. The maximum absolute atomic E-state index is 12.5. The molecule has 1 N–H and O–H groups in total. The van der Waals surface area contributed by atoms with Gasteiger partial charge in [0.05, 0.1) is 11.8 Å². The minimum absolute atomic E-state index is 0.00394. The van der Waals surface area contributed by atoms with Crippen LogP contribution in [0.1, 0.15) is 10.4 Å². The fourth-order valence-electron chi connectivity index (χ4n) is 0.716. The van der Waals surface area contributed by atoms with Crippen molar-refractivity contribution in [2.24, 2.45) is 0 Å². The van der Waals surface area contributed by atoms with Gasteiger partial charge in [-0.25, -0.2) is 9.37 Å². The molecule has 0 aromatic carbocycles. The number of nitrogens with one attached hydrogen (secondary N) is 1. The number of halogens is 2. The fraction of sp³-hybridized carbons (Fsp3) is 0.143. The Kier molecular flexibility index (Phi) is 2.60. The highest BCUT2D eigenvalue weighted by Gasteiger charge is 2.10. The topological polar surface area (TPSA) is 42.0 Å². The highest BCUT2D eigenvalue weighted by Crippen LogP contribution is 2.12. The third kappa shape index (κ3) is 1.71. The minimum atomic E-state index is -0.585. The lowest BCUT2D eigenvalue weighted by Gasteiger charge is -2.00. The Hall–Kier alpha value is -1.16. The second-order valence-corrected chi connectivity index (χ2v) is 2.43. The van der Waals surface area contributed by atoms with Crippen molar-refractivity contribution in [3.63, 3.8) is 0 Å². The molecule has 0 aliphatic carbocycles. The summed E-state index contributed by atoms with van der Waals surface area (Å²) in [5, 5.41) is 2.32. The summed E-state index contributed by atoms with van der Waals surface area (Å²) in [6.45, 7) is 0. The van der Waals surface area contributed by atoms with Crippen molar-refractivity contribution in [2.45, 2.75) is 0 Å². The van der Waals surface area contributed by atoms with Gasteiger partial charge in [0.15, 0.2) is 0 Å². The summed E-state index contributed by atoms with van der Waals surface area (Å²) >= 11 is 5.53. The predicted octanol–water partition coefficient (Wildman–Crippen LogP) is 1.23. The van der Waals surface area contributed by atoms with Crippen molar-refractivity contribution < 1.29 is 9.18 Å². The number of hydrogen-bond donors (Lipinski definition) is 1. The average molecular weight is 189 g/mol. The van der Waals surface area contributed by atoms with Crippen LogP contribution in [0.4, 0.5) is 4.39 Å². The molecule has 1 aromatic rings. The van der Waals surface area contributed by atoms with Crippen molar-refractivity contribution in [3.8, 4) is 0 Å². The van der Waals surface area contributed by atoms with Gasteiger partial charge in [0, 0.05) is 7.05 Å². The van der Waals surface area contributed by atoms with E-state index in [0.717, 1.165) is 12.3 Å². The quantitative estimate of drug-likeness (QED) is 0.674. The van der Waals surface area contributed by atoms with Crippen LogP contribution in [0.5, 0.6) is 0 Å². The van der Waals surface area contributed by atoms with Crippen LogP contribution in [0.15, 0.2) is 12.3 Å². The van der Waals surface area contributed by atoms with E-state index in [9.17, 15) is 9.18 Å². The zero-order valence-corrected chi connectivity index (χ0v) is 7.02. The van der Waals surface area contributed by atoms with E-state index in [0.29, 0.717) is 0 Å². The largest absolute Gasteiger partial charge is 0.355 e. The average Bonchev–Trinajstić information content (AvgIpc) is 2.08. The number of amides is 1. The van der Waals surface area contributed by atoms with Crippen LogP contribution in [0, 0.1) is 5.82 Å². The van der Waals surface area contributed by atoms with E-state index in [1.54, 1.807) is 0 Å². The summed E-state index contributed by atoms with van der Waals surface area (Å²) in [7, 11) is 1.43. The van der Waals surface area contributed by atoms with E-state index in [1.807, 2.05) is 0 Å². The summed E-state index contributed by atoms with van der Waals surface area (Å²) in [5.74, 6) is -1.04. The summed E-state index contributed by atoms with van der Waals surface area (Å²) in [4.78, 5) is 14.5. The van der Waals surface area contributed by atoms with E-state index in [4.69, 9.17) is 11.6 Å². The van der Waals surface area contributed by atoms with Crippen molar-refractivity contribution >= 4 is 17.5 Å². The normalized spacial score (nSPS) is 9.58. The van der Waals surface area contributed by atoms with Crippen LogP contribution in [-0.2, 0) is 0 Å². The molecule has 12 heavy (non-hydrogen) atoms. The molecule has 0 spiro atoms. The Morgan fingerprint density at radius 1 is 1.75 bits per heavy atom. The molecule has 0 saturated heterocycles. The number of aromatic nitrogens is 1. The van der Waals surface area contributed by atoms with Crippen molar-refractivity contribution in [3.05, 3.63) is 28.8 Å². The number of pyridine rings is 1. The number of nitrogens with zero attached hydrogens (tertiary/aromatic N) is 1. The lowest BCUT2D eigenvalue weighted by atomic mass is 10.2. The molecule has 1 aromatic heterocycles. The molecule has 0 radical (unpaired) electrons. The molecule has 5 heteroatoms. The first-order chi connectivity index (χ1) is 5.65. The maximum Gasteiger partial charge on any atom is 0.254 e. The van der Waals surface area contributed by atoms with Crippen LogP contribution in [-0.4, -0.2) is 17.9 Å². The molecule has 3 nitrogen and oxygen atoms in total. The van der Waals surface area contributed by atoms with Gasteiger partial charge in [0.25, 0.3) is 5.91 Å². The summed E-state index contributed by atoms with van der Waals surface area (Å²) in [6.07, 6.45) is 0.953. The first kappa shape index (κ1) is 8.93. The van der Waals surface area contributed by atoms with E-state index >= 15 is 0 Å². The first-order valence-corrected chi connectivity index (χ1v) is 3.56. The van der Waals surface area contributed by atoms with Gasteiger partial charge in [0.1, 0.15) is 11.0 Å². The Balaban J connectivity index is 3.13. The molecule has 0 aliphatic heterocycles. The molecular weight excluding hydrogens is 183 g/mol. The zero-order chi connectivity index (χ0) is 9.14. The van der Waals surface area contributed by atoms with Gasteiger partial charge in [-0.15, -0.1) is 0 Å². The zero-order valence-electron chi connectivity index (χ0n) is 6.27. The second kappa shape index (κ2) is 3.49. The standard InChI is InChI=1S/C7H6ClFN2O/c1-10-7(12)5-2-4(9)3-11-6(5)8/h2-3H,1H3,(H,10,12). The Bertz CT molecular complexity index is 316. The van der Waals surface area contributed by atoms with Gasteiger partial charge in [0.2, 0.25) is 0 Å². The fourth-order valence-corrected chi connectivity index (χ4v) is 0.906. The number of carbonyl (C=O) groups excluding carboxylic acids is 1. The summed E-state index contributed by atoms with van der Waals surface area (Å²) < 4.78 is 12.5. The van der Waals surface area contributed by atoms with E-state index in [1.165, 1.54) is 7.05 Å². The van der Waals surface area contributed by atoms with Gasteiger partial charge in [-0.3, -0.25) is 4.79 Å². The second-order valence-electron chi connectivity index (χ2n) is 2.07. The molecule has 64 valence electrons. The molecular formula is C7H6ClFN2O. The third-order valence-corrected chi connectivity index (χ3v) is 1.58. The molecule has 0 atom stereocenters. The lowest BCUT2D eigenvalue weighted by molar-refractivity contribution is 0.0962. The van der Waals surface area contributed by atoms with Gasteiger partial charge in [-0.2, -0.15) is 0 Å². The SMILES string of the molecule is CNC(=O)c1cc(F)cnc1Cl. The molecule has 1 amide bonds. The van der Waals surface area contributed by atoms with Crippen LogP contribution < -0.4 is 5.32 Å². The molecule has 1 rings (SSSR count). The lowest BCUT2D eigenvalue weighted by Crippen LogP contribution is -2.18. The number of hydrogen-bond acceptors (Lipinski definition) is 2. The van der Waals surface area contributed by atoms with Crippen LogP contribution in [0.2, 0.25) is 5.15 Å². The molecule has 0 fully saturated rings. The monoisotopic (exact) mass is 188 g/mol. The van der Waals surface area contributed by atoms with E-state index < -0.39 is 11.7 Å². The molecule has 0 unspecified atom stereocenters. The van der Waals surface area contributed by atoms with Crippen molar-refractivity contribution in [2.75, 3.05) is 7.05 Å². The first-order valence-electron chi connectivity index (χ1n) is 3.18. The van der Waals surface area contributed by atoms with Gasteiger partial charge in [-0.1, -0.05) is 11.6 Å². The van der Waals surface area contributed by atoms with E-state index in [-0.39, 0.29) is 10.7 Å². The molecule has 0 aliphatic rings. The third-order valence-electron chi connectivity index (χ3n) is 1.28. The van der Waals surface area contributed by atoms with Gasteiger partial charge >= 0.3 is 0 Å². The highest BCUT2D eigenvalue weighted by atomic mass is 35.5. The molecule has 0 bridgehead atoms. The van der Waals surface area contributed by atoms with Crippen molar-refractivity contribution in [1.82, 2.24) is 10.3 Å². The maximum atomic E-state index is 12.5. The Morgan fingerprint density at radius 3 is 3.00 bits per heavy atom. The van der Waals surface area contributed by atoms with Crippen LogP contribution in [0.25, 0.3) is 0 Å². The van der Waals surface area contributed by atoms with Crippen LogP contribution in [0.3, 0.4) is 0 Å². The Morgan fingerprint density at radius 2 is 2.42 bits per heavy atom. The van der Waals surface area contributed by atoms with Gasteiger partial charge < -0.3 is 5.32 Å². The molecule has 0 saturated carbocycles. The summed E-state index contributed by atoms with van der Waals surface area (Å²) in [5.41, 5.74) is 0.0409.